The zero-order chi connectivity index (χ0) is 9.26. The van der Waals surface area contributed by atoms with Gasteiger partial charge in [0.1, 0.15) is 0 Å². The van der Waals surface area contributed by atoms with E-state index in [1.165, 1.54) is 25.9 Å². The summed E-state index contributed by atoms with van der Waals surface area (Å²) in [6.45, 7) is 9.26. The van der Waals surface area contributed by atoms with Gasteiger partial charge in [0.05, 0.1) is 0 Å². The van der Waals surface area contributed by atoms with E-state index in [-0.39, 0.29) is 0 Å². The van der Waals surface area contributed by atoms with Crippen LogP contribution in [0.15, 0.2) is 0 Å². The second-order valence-corrected chi connectivity index (χ2v) is 4.76. The SMILES string of the molecule is CC(C)N1CC(C2CCOCC2)C1. The van der Waals surface area contributed by atoms with Crippen LogP contribution in [-0.4, -0.2) is 37.2 Å². The Hall–Kier alpha value is -0.0800. The summed E-state index contributed by atoms with van der Waals surface area (Å²) in [6.07, 6.45) is 2.60. The van der Waals surface area contributed by atoms with Gasteiger partial charge in [0.2, 0.25) is 0 Å². The fraction of sp³-hybridized carbons (Fsp3) is 1.00. The molecule has 0 aromatic heterocycles. The van der Waals surface area contributed by atoms with Crippen LogP contribution in [-0.2, 0) is 4.74 Å². The molecule has 13 heavy (non-hydrogen) atoms. The summed E-state index contributed by atoms with van der Waals surface area (Å²) in [5.41, 5.74) is 0. The first-order chi connectivity index (χ1) is 6.27. The molecule has 0 amide bonds. The van der Waals surface area contributed by atoms with Gasteiger partial charge in [0.25, 0.3) is 0 Å². The lowest BCUT2D eigenvalue weighted by Gasteiger charge is -2.46. The van der Waals surface area contributed by atoms with Crippen LogP contribution in [0, 0.1) is 11.8 Å². The molecule has 0 N–H and O–H groups in total. The number of rotatable bonds is 2. The summed E-state index contributed by atoms with van der Waals surface area (Å²) in [4.78, 5) is 2.57. The highest BCUT2D eigenvalue weighted by molar-refractivity contribution is 4.87. The normalized spacial score (nSPS) is 27.9. The molecule has 76 valence electrons. The van der Waals surface area contributed by atoms with Crippen molar-refractivity contribution in [3.8, 4) is 0 Å². The van der Waals surface area contributed by atoms with Crippen LogP contribution in [0.4, 0.5) is 0 Å². The maximum Gasteiger partial charge on any atom is 0.0468 e. The molecule has 0 aliphatic carbocycles. The van der Waals surface area contributed by atoms with E-state index >= 15 is 0 Å². The van der Waals surface area contributed by atoms with Crippen LogP contribution >= 0.6 is 0 Å². The van der Waals surface area contributed by atoms with Gasteiger partial charge in [-0.15, -0.1) is 0 Å². The van der Waals surface area contributed by atoms with E-state index in [2.05, 4.69) is 18.7 Å². The molecule has 0 saturated carbocycles. The van der Waals surface area contributed by atoms with Crippen LogP contribution in [0.3, 0.4) is 0 Å². The molecule has 0 radical (unpaired) electrons. The first-order valence-electron chi connectivity index (χ1n) is 5.59. The molecule has 2 rings (SSSR count). The van der Waals surface area contributed by atoms with E-state index in [4.69, 9.17) is 4.74 Å². The third kappa shape index (κ3) is 2.05. The third-order valence-electron chi connectivity index (χ3n) is 3.60. The fourth-order valence-electron chi connectivity index (χ4n) is 2.46. The minimum absolute atomic E-state index is 0.746. The lowest BCUT2D eigenvalue weighted by molar-refractivity contribution is -0.0190. The minimum atomic E-state index is 0.746. The maximum atomic E-state index is 5.38. The van der Waals surface area contributed by atoms with Gasteiger partial charge in [0, 0.05) is 32.3 Å². The minimum Gasteiger partial charge on any atom is -0.381 e. The Morgan fingerprint density at radius 2 is 1.69 bits per heavy atom. The lowest BCUT2D eigenvalue weighted by atomic mass is 9.80. The Bertz CT molecular complexity index is 157. The predicted molar refractivity (Wildman–Crippen MR) is 53.7 cm³/mol. The summed E-state index contributed by atoms with van der Waals surface area (Å²) < 4.78 is 5.38. The Labute approximate surface area is 81.3 Å². The van der Waals surface area contributed by atoms with E-state index in [0.717, 1.165) is 31.1 Å². The molecule has 2 nitrogen and oxygen atoms in total. The first-order valence-corrected chi connectivity index (χ1v) is 5.59. The van der Waals surface area contributed by atoms with Crippen LogP contribution < -0.4 is 0 Å². The van der Waals surface area contributed by atoms with Gasteiger partial charge in [-0.05, 0) is 38.5 Å². The summed E-state index contributed by atoms with van der Waals surface area (Å²) in [5, 5.41) is 0. The maximum absolute atomic E-state index is 5.38. The van der Waals surface area contributed by atoms with Crippen molar-refractivity contribution >= 4 is 0 Å². The highest BCUT2D eigenvalue weighted by Gasteiger charge is 2.34. The van der Waals surface area contributed by atoms with Gasteiger partial charge in [-0.25, -0.2) is 0 Å². The zero-order valence-electron chi connectivity index (χ0n) is 8.83. The third-order valence-corrected chi connectivity index (χ3v) is 3.60. The Kier molecular flexibility index (Phi) is 2.89. The molecule has 0 unspecified atom stereocenters. The molecule has 2 heteroatoms. The Morgan fingerprint density at radius 1 is 1.08 bits per heavy atom. The quantitative estimate of drug-likeness (QED) is 0.646. The van der Waals surface area contributed by atoms with Crippen LogP contribution in [0.5, 0.6) is 0 Å². The molecule has 2 saturated heterocycles. The largest absolute Gasteiger partial charge is 0.381 e. The van der Waals surface area contributed by atoms with Gasteiger partial charge in [0.15, 0.2) is 0 Å². The molecule has 2 aliphatic heterocycles. The van der Waals surface area contributed by atoms with Crippen molar-refractivity contribution in [3.05, 3.63) is 0 Å². The van der Waals surface area contributed by atoms with Crippen LogP contribution in [0.25, 0.3) is 0 Å². The summed E-state index contributed by atoms with van der Waals surface area (Å²) >= 11 is 0. The predicted octanol–water partition coefficient (Wildman–Crippen LogP) is 1.75. The highest BCUT2D eigenvalue weighted by atomic mass is 16.5. The lowest BCUT2D eigenvalue weighted by Crippen LogP contribution is -2.53. The van der Waals surface area contributed by atoms with Gasteiger partial charge in [-0.2, -0.15) is 0 Å². The molecular formula is C11H21NO. The molecular weight excluding hydrogens is 162 g/mol. The standard InChI is InChI=1S/C11H21NO/c1-9(2)12-7-11(8-12)10-3-5-13-6-4-10/h9-11H,3-8H2,1-2H3. The number of nitrogens with zero attached hydrogens (tertiary/aromatic N) is 1. The fourth-order valence-corrected chi connectivity index (χ4v) is 2.46. The molecule has 0 bridgehead atoms. The van der Waals surface area contributed by atoms with Crippen molar-refractivity contribution in [3.63, 3.8) is 0 Å². The molecule has 0 aromatic rings. The molecule has 2 fully saturated rings. The van der Waals surface area contributed by atoms with E-state index < -0.39 is 0 Å². The molecule has 2 heterocycles. The van der Waals surface area contributed by atoms with Crippen LogP contribution in [0.2, 0.25) is 0 Å². The van der Waals surface area contributed by atoms with Gasteiger partial charge < -0.3 is 9.64 Å². The summed E-state index contributed by atoms with van der Waals surface area (Å²) in [6, 6.07) is 0.746. The van der Waals surface area contributed by atoms with Gasteiger partial charge >= 0.3 is 0 Å². The highest BCUT2D eigenvalue weighted by Crippen LogP contribution is 2.31. The number of ether oxygens (including phenoxy) is 1. The second kappa shape index (κ2) is 3.97. The van der Waals surface area contributed by atoms with Crippen molar-refractivity contribution in [2.75, 3.05) is 26.3 Å². The average Bonchev–Trinajstić information content (AvgIpc) is 2.02. The first kappa shape index (κ1) is 9.47. The van der Waals surface area contributed by atoms with Gasteiger partial charge in [-0.3, -0.25) is 0 Å². The van der Waals surface area contributed by atoms with E-state index in [1.54, 1.807) is 0 Å². The number of likely N-dealkylation sites (tertiary alicyclic amines) is 1. The van der Waals surface area contributed by atoms with E-state index in [0.29, 0.717) is 0 Å². The number of hydrogen-bond donors (Lipinski definition) is 0. The Morgan fingerprint density at radius 3 is 2.23 bits per heavy atom. The average molecular weight is 183 g/mol. The molecule has 0 spiro atoms. The van der Waals surface area contributed by atoms with Crippen molar-refractivity contribution in [2.45, 2.75) is 32.7 Å². The van der Waals surface area contributed by atoms with Crippen molar-refractivity contribution < 1.29 is 4.74 Å². The summed E-state index contributed by atoms with van der Waals surface area (Å²) in [5.74, 6) is 1.94. The number of hydrogen-bond acceptors (Lipinski definition) is 2. The van der Waals surface area contributed by atoms with Crippen molar-refractivity contribution in [1.29, 1.82) is 0 Å². The van der Waals surface area contributed by atoms with E-state index in [1.807, 2.05) is 0 Å². The van der Waals surface area contributed by atoms with E-state index in [9.17, 15) is 0 Å². The monoisotopic (exact) mass is 183 g/mol. The van der Waals surface area contributed by atoms with Crippen molar-refractivity contribution in [2.24, 2.45) is 11.8 Å². The molecule has 0 aromatic carbocycles. The van der Waals surface area contributed by atoms with Crippen LogP contribution in [0.1, 0.15) is 26.7 Å². The Balaban J connectivity index is 1.72. The van der Waals surface area contributed by atoms with Gasteiger partial charge in [-0.1, -0.05) is 0 Å². The molecule has 2 aliphatic rings. The topological polar surface area (TPSA) is 12.5 Å². The smallest absolute Gasteiger partial charge is 0.0468 e. The zero-order valence-corrected chi connectivity index (χ0v) is 8.83. The van der Waals surface area contributed by atoms with Crippen molar-refractivity contribution in [1.82, 2.24) is 4.90 Å². The summed E-state index contributed by atoms with van der Waals surface area (Å²) in [7, 11) is 0. The second-order valence-electron chi connectivity index (χ2n) is 4.76. The molecule has 0 atom stereocenters.